The van der Waals surface area contributed by atoms with Crippen molar-refractivity contribution in [1.82, 2.24) is 24.5 Å². The maximum Gasteiger partial charge on any atom is 0.334 e. The van der Waals surface area contributed by atoms with Crippen LogP contribution in [-0.2, 0) is 6.54 Å². The minimum atomic E-state index is -0.614. The number of aromatic amines is 1. The molecule has 9 nitrogen and oxygen atoms in total. The standard InChI is InChI=1S/C19H16N6O3/c1-28-15-8-3-2-7-14(15)25-17(26)13-11-22-18(23-16(13)24-19(25)27)21-10-12-6-4-5-9-20-12/h2-9,11H,10H2,1H3,(H2,21,22,23,24,27). The average molecular weight is 376 g/mol. The van der Waals surface area contributed by atoms with E-state index in [1.165, 1.54) is 13.3 Å². The number of aromatic nitrogens is 5. The van der Waals surface area contributed by atoms with Crippen LogP contribution in [-0.4, -0.2) is 31.6 Å². The van der Waals surface area contributed by atoms with E-state index in [4.69, 9.17) is 4.74 Å². The summed E-state index contributed by atoms with van der Waals surface area (Å²) in [6.45, 7) is 0.412. The third-order valence-corrected chi connectivity index (χ3v) is 4.13. The van der Waals surface area contributed by atoms with E-state index in [-0.39, 0.29) is 17.0 Å². The van der Waals surface area contributed by atoms with E-state index in [1.54, 1.807) is 30.5 Å². The number of ether oxygens (including phenoxy) is 1. The van der Waals surface area contributed by atoms with Crippen LogP contribution in [0.5, 0.6) is 5.75 Å². The first kappa shape index (κ1) is 17.4. The van der Waals surface area contributed by atoms with Crippen LogP contribution in [0.25, 0.3) is 16.7 Å². The SMILES string of the molecule is COc1ccccc1-n1c(=O)[nH]c2nc(NCc3ccccn3)ncc2c1=O. The highest BCUT2D eigenvalue weighted by Gasteiger charge is 2.14. The van der Waals surface area contributed by atoms with Gasteiger partial charge in [0, 0.05) is 12.4 Å². The first-order chi connectivity index (χ1) is 13.7. The molecule has 0 saturated heterocycles. The van der Waals surface area contributed by atoms with Crippen LogP contribution in [0.2, 0.25) is 0 Å². The molecule has 140 valence electrons. The number of benzene rings is 1. The van der Waals surface area contributed by atoms with Gasteiger partial charge < -0.3 is 10.1 Å². The van der Waals surface area contributed by atoms with Crippen molar-refractivity contribution in [2.75, 3.05) is 12.4 Å². The average Bonchev–Trinajstić information content (AvgIpc) is 2.73. The van der Waals surface area contributed by atoms with E-state index in [1.807, 2.05) is 18.2 Å². The minimum absolute atomic E-state index is 0.152. The summed E-state index contributed by atoms with van der Waals surface area (Å²) < 4.78 is 6.26. The lowest BCUT2D eigenvalue weighted by Gasteiger charge is -2.10. The zero-order chi connectivity index (χ0) is 19.5. The summed E-state index contributed by atoms with van der Waals surface area (Å²) >= 11 is 0. The van der Waals surface area contributed by atoms with Gasteiger partial charge in [-0.15, -0.1) is 0 Å². The molecule has 0 unspecified atom stereocenters. The third-order valence-electron chi connectivity index (χ3n) is 4.13. The molecule has 0 fully saturated rings. The largest absolute Gasteiger partial charge is 0.495 e. The van der Waals surface area contributed by atoms with Crippen molar-refractivity contribution in [3.63, 3.8) is 0 Å². The van der Waals surface area contributed by atoms with Gasteiger partial charge in [0.05, 0.1) is 25.0 Å². The number of fused-ring (bicyclic) bond motifs is 1. The fourth-order valence-corrected chi connectivity index (χ4v) is 2.79. The van der Waals surface area contributed by atoms with Gasteiger partial charge in [0.15, 0.2) is 5.65 Å². The predicted octanol–water partition coefficient (Wildman–Crippen LogP) is 1.48. The monoisotopic (exact) mass is 376 g/mol. The Morgan fingerprint density at radius 2 is 1.93 bits per heavy atom. The van der Waals surface area contributed by atoms with E-state index < -0.39 is 11.2 Å². The molecule has 2 N–H and O–H groups in total. The van der Waals surface area contributed by atoms with Gasteiger partial charge in [-0.2, -0.15) is 4.98 Å². The van der Waals surface area contributed by atoms with Gasteiger partial charge in [-0.3, -0.25) is 14.8 Å². The van der Waals surface area contributed by atoms with Crippen molar-refractivity contribution in [2.45, 2.75) is 6.54 Å². The highest BCUT2D eigenvalue weighted by atomic mass is 16.5. The molecule has 0 aliphatic heterocycles. The number of anilines is 1. The van der Waals surface area contributed by atoms with E-state index >= 15 is 0 Å². The highest BCUT2D eigenvalue weighted by molar-refractivity contribution is 5.73. The van der Waals surface area contributed by atoms with E-state index in [2.05, 4.69) is 25.3 Å². The Balaban J connectivity index is 1.74. The number of rotatable bonds is 5. The molecule has 3 aromatic heterocycles. The molecule has 4 rings (SSSR count). The molecule has 3 heterocycles. The van der Waals surface area contributed by atoms with E-state index in [0.29, 0.717) is 18.0 Å². The number of nitrogens with zero attached hydrogens (tertiary/aromatic N) is 4. The Morgan fingerprint density at radius 3 is 2.71 bits per heavy atom. The molecular weight excluding hydrogens is 360 g/mol. The number of methoxy groups -OCH3 is 1. The molecule has 0 spiro atoms. The first-order valence-corrected chi connectivity index (χ1v) is 8.46. The fourth-order valence-electron chi connectivity index (χ4n) is 2.79. The summed E-state index contributed by atoms with van der Waals surface area (Å²) in [7, 11) is 1.47. The first-order valence-electron chi connectivity index (χ1n) is 8.46. The third kappa shape index (κ3) is 3.20. The number of para-hydroxylation sites is 2. The number of hydrogen-bond acceptors (Lipinski definition) is 7. The number of nitrogens with one attached hydrogen (secondary N) is 2. The van der Waals surface area contributed by atoms with Crippen LogP contribution in [0, 0.1) is 0 Å². The molecule has 0 aliphatic rings. The Bertz CT molecular complexity index is 1250. The molecule has 1 aromatic carbocycles. The maximum absolute atomic E-state index is 12.9. The van der Waals surface area contributed by atoms with Crippen LogP contribution < -0.4 is 21.3 Å². The summed E-state index contributed by atoms with van der Waals surface area (Å²) in [5.74, 6) is 0.687. The van der Waals surface area contributed by atoms with Gasteiger partial charge in [0.25, 0.3) is 5.56 Å². The molecule has 9 heteroatoms. The van der Waals surface area contributed by atoms with Gasteiger partial charge in [-0.05, 0) is 24.3 Å². The van der Waals surface area contributed by atoms with Crippen LogP contribution >= 0.6 is 0 Å². The van der Waals surface area contributed by atoms with Crippen molar-refractivity contribution in [3.8, 4) is 11.4 Å². The smallest absolute Gasteiger partial charge is 0.334 e. The summed E-state index contributed by atoms with van der Waals surface area (Å²) in [5.41, 5.74) is 0.164. The van der Waals surface area contributed by atoms with Crippen molar-refractivity contribution in [2.24, 2.45) is 0 Å². The minimum Gasteiger partial charge on any atom is -0.495 e. The molecule has 28 heavy (non-hydrogen) atoms. The zero-order valence-electron chi connectivity index (χ0n) is 14.9. The van der Waals surface area contributed by atoms with Gasteiger partial charge in [0.2, 0.25) is 5.95 Å². The van der Waals surface area contributed by atoms with Crippen molar-refractivity contribution in [1.29, 1.82) is 0 Å². The molecule has 0 aliphatic carbocycles. The van der Waals surface area contributed by atoms with Gasteiger partial charge in [-0.1, -0.05) is 18.2 Å². The molecule has 0 radical (unpaired) electrons. The van der Waals surface area contributed by atoms with E-state index in [0.717, 1.165) is 10.3 Å². The van der Waals surface area contributed by atoms with Crippen LogP contribution in [0.3, 0.4) is 0 Å². The summed E-state index contributed by atoms with van der Waals surface area (Å²) in [4.78, 5) is 40.7. The molecule has 0 saturated carbocycles. The van der Waals surface area contributed by atoms with Crippen LogP contribution in [0.1, 0.15) is 5.69 Å². The lowest BCUT2D eigenvalue weighted by atomic mass is 10.3. The van der Waals surface area contributed by atoms with Gasteiger partial charge >= 0.3 is 5.69 Å². The van der Waals surface area contributed by atoms with E-state index in [9.17, 15) is 9.59 Å². The maximum atomic E-state index is 12.9. The number of pyridine rings is 1. The van der Waals surface area contributed by atoms with Crippen molar-refractivity contribution in [3.05, 3.63) is 81.4 Å². The topological polar surface area (TPSA) is 115 Å². The normalized spacial score (nSPS) is 10.8. The summed E-state index contributed by atoms with van der Waals surface area (Å²) in [6, 6.07) is 12.3. The second-order valence-corrected chi connectivity index (χ2v) is 5.87. The van der Waals surface area contributed by atoms with Gasteiger partial charge in [-0.25, -0.2) is 14.3 Å². The Hall–Kier alpha value is -4.01. The van der Waals surface area contributed by atoms with Crippen molar-refractivity contribution < 1.29 is 4.74 Å². The molecule has 0 atom stereocenters. The van der Waals surface area contributed by atoms with Gasteiger partial charge in [0.1, 0.15) is 11.1 Å². The molecule has 0 amide bonds. The Labute approximate surface area is 158 Å². The summed E-state index contributed by atoms with van der Waals surface area (Å²) in [6.07, 6.45) is 3.07. The Kier molecular flexibility index (Phi) is 4.55. The lowest BCUT2D eigenvalue weighted by molar-refractivity contribution is 0.412. The second kappa shape index (κ2) is 7.31. The van der Waals surface area contributed by atoms with Crippen LogP contribution in [0.4, 0.5) is 5.95 Å². The fraction of sp³-hybridized carbons (Fsp3) is 0.105. The number of H-pyrrole nitrogens is 1. The second-order valence-electron chi connectivity index (χ2n) is 5.87. The zero-order valence-corrected chi connectivity index (χ0v) is 14.9. The quantitative estimate of drug-likeness (QED) is 0.542. The predicted molar refractivity (Wildman–Crippen MR) is 104 cm³/mol. The van der Waals surface area contributed by atoms with Crippen LogP contribution in [0.15, 0.2) is 64.4 Å². The highest BCUT2D eigenvalue weighted by Crippen LogP contribution is 2.19. The molecule has 0 bridgehead atoms. The summed E-state index contributed by atoms with van der Waals surface area (Å²) in [5, 5.41) is 3.21. The molecular formula is C19H16N6O3. The Morgan fingerprint density at radius 1 is 1.11 bits per heavy atom. The lowest BCUT2D eigenvalue weighted by Crippen LogP contribution is -2.34. The number of hydrogen-bond donors (Lipinski definition) is 2. The van der Waals surface area contributed by atoms with Crippen molar-refractivity contribution >= 4 is 17.0 Å². The molecule has 4 aromatic rings.